The topological polar surface area (TPSA) is 43.4 Å². The van der Waals surface area contributed by atoms with E-state index in [1.54, 1.807) is 48.5 Å². The van der Waals surface area contributed by atoms with Gasteiger partial charge in [-0.1, -0.05) is 45.7 Å². The van der Waals surface area contributed by atoms with Gasteiger partial charge in [0.15, 0.2) is 0 Å². The summed E-state index contributed by atoms with van der Waals surface area (Å²) in [5.41, 5.74) is -3.66. The Kier molecular flexibility index (Phi) is 5.03. The Bertz CT molecular complexity index is 766. The predicted molar refractivity (Wildman–Crippen MR) is 88.5 cm³/mol. The summed E-state index contributed by atoms with van der Waals surface area (Å²) in [6.07, 6.45) is 1.39. The first-order valence-electron chi connectivity index (χ1n) is 6.90. The average molecular weight is 378 g/mol. The lowest BCUT2D eigenvalue weighted by atomic mass is 10.2. The zero-order chi connectivity index (χ0) is 18.2. The summed E-state index contributed by atoms with van der Waals surface area (Å²) >= 11 is 0. The van der Waals surface area contributed by atoms with E-state index in [1.165, 1.54) is 6.26 Å². The Hall–Kier alpha value is -1.51. The molecule has 0 N–H and O–H groups in total. The molecule has 0 unspecified atom stereocenters. The van der Waals surface area contributed by atoms with Crippen LogP contribution in [-0.2, 0) is 13.7 Å². The summed E-state index contributed by atoms with van der Waals surface area (Å²) in [5, 5.41) is 0. The van der Waals surface area contributed by atoms with E-state index >= 15 is 0 Å². The second-order valence-corrected chi connectivity index (χ2v) is 9.98. The SMILES string of the molecule is Cc1ccc(S(C)(OS(=O)(=O)C(F)(F)F)c2ccc(C)cc2)cc1. The van der Waals surface area contributed by atoms with Crippen LogP contribution in [0.25, 0.3) is 0 Å². The van der Waals surface area contributed by atoms with Crippen LogP contribution in [0.5, 0.6) is 0 Å². The number of hydrogen-bond acceptors (Lipinski definition) is 3. The molecule has 0 atom stereocenters. The lowest BCUT2D eigenvalue weighted by Crippen LogP contribution is -2.27. The van der Waals surface area contributed by atoms with E-state index in [1.807, 2.05) is 13.8 Å². The van der Waals surface area contributed by atoms with Gasteiger partial charge in [-0.3, -0.25) is 0 Å². The Morgan fingerprint density at radius 1 is 0.792 bits per heavy atom. The Morgan fingerprint density at radius 2 is 1.12 bits per heavy atom. The van der Waals surface area contributed by atoms with Crippen molar-refractivity contribution in [2.75, 3.05) is 6.26 Å². The highest BCUT2D eigenvalue weighted by molar-refractivity contribution is 8.32. The molecule has 0 bridgehead atoms. The van der Waals surface area contributed by atoms with Gasteiger partial charge in [0.2, 0.25) is 0 Å². The van der Waals surface area contributed by atoms with Gasteiger partial charge in [-0.05, 0) is 44.4 Å². The van der Waals surface area contributed by atoms with Crippen LogP contribution in [-0.4, -0.2) is 20.2 Å². The molecule has 2 rings (SSSR count). The molecule has 24 heavy (non-hydrogen) atoms. The van der Waals surface area contributed by atoms with Gasteiger partial charge in [0.1, 0.15) is 0 Å². The van der Waals surface area contributed by atoms with Crippen molar-refractivity contribution in [1.82, 2.24) is 0 Å². The van der Waals surface area contributed by atoms with E-state index in [9.17, 15) is 21.6 Å². The van der Waals surface area contributed by atoms with Crippen molar-refractivity contribution in [3.63, 3.8) is 0 Å². The van der Waals surface area contributed by atoms with Gasteiger partial charge < -0.3 is 0 Å². The molecule has 0 aliphatic heterocycles. The third-order valence-electron chi connectivity index (χ3n) is 3.45. The number of rotatable bonds is 4. The molecule has 3 nitrogen and oxygen atoms in total. The van der Waals surface area contributed by atoms with Gasteiger partial charge in [0.25, 0.3) is 0 Å². The van der Waals surface area contributed by atoms with Gasteiger partial charge in [0.05, 0.1) is 0 Å². The van der Waals surface area contributed by atoms with Crippen molar-refractivity contribution in [1.29, 1.82) is 0 Å². The van der Waals surface area contributed by atoms with Crippen LogP contribution in [0.15, 0.2) is 58.3 Å². The Balaban J connectivity index is 2.61. The molecule has 132 valence electrons. The molecule has 0 amide bonds. The summed E-state index contributed by atoms with van der Waals surface area (Å²) in [6, 6.07) is 13.2. The molecule has 0 fully saturated rings. The van der Waals surface area contributed by atoms with E-state index in [0.29, 0.717) is 9.79 Å². The van der Waals surface area contributed by atoms with Crippen molar-refractivity contribution in [3.05, 3.63) is 59.7 Å². The third-order valence-corrected chi connectivity index (χ3v) is 8.17. The molecule has 0 aliphatic rings. The Morgan fingerprint density at radius 3 is 1.42 bits per heavy atom. The lowest BCUT2D eigenvalue weighted by molar-refractivity contribution is -0.0496. The molecular weight excluding hydrogens is 361 g/mol. The van der Waals surface area contributed by atoms with Gasteiger partial charge in [-0.15, -0.1) is 0 Å². The maximum atomic E-state index is 12.8. The average Bonchev–Trinajstić information content (AvgIpc) is 2.46. The van der Waals surface area contributed by atoms with E-state index in [4.69, 9.17) is 3.63 Å². The summed E-state index contributed by atoms with van der Waals surface area (Å²) < 4.78 is 66.5. The smallest absolute Gasteiger partial charge is 0.204 e. The highest BCUT2D eigenvalue weighted by Crippen LogP contribution is 2.62. The molecule has 0 aromatic heterocycles. The lowest BCUT2D eigenvalue weighted by Gasteiger charge is -2.35. The molecule has 2 aromatic carbocycles. The molecule has 0 saturated heterocycles. The molecule has 2 aromatic rings. The van der Waals surface area contributed by atoms with E-state index in [2.05, 4.69) is 0 Å². The fourth-order valence-corrected chi connectivity index (χ4v) is 5.98. The molecule has 0 spiro atoms. The highest BCUT2D eigenvalue weighted by atomic mass is 32.3. The number of alkyl halides is 3. The van der Waals surface area contributed by atoms with Crippen molar-refractivity contribution in [2.45, 2.75) is 29.1 Å². The normalized spacial score (nSPS) is 13.8. The summed E-state index contributed by atoms with van der Waals surface area (Å²) in [4.78, 5) is 0.787. The van der Waals surface area contributed by atoms with Crippen molar-refractivity contribution < 1.29 is 25.2 Å². The molecule has 0 aliphatic carbocycles. The molecular formula is C16H17F3O3S2. The minimum absolute atomic E-state index is 0.393. The van der Waals surface area contributed by atoms with Crippen LogP contribution in [0.4, 0.5) is 13.2 Å². The van der Waals surface area contributed by atoms with Crippen LogP contribution in [0.1, 0.15) is 11.1 Å². The van der Waals surface area contributed by atoms with Gasteiger partial charge >= 0.3 is 15.6 Å². The number of aryl methyl sites for hydroxylation is 2. The monoisotopic (exact) mass is 378 g/mol. The van der Waals surface area contributed by atoms with Crippen molar-refractivity contribution >= 4 is 20.4 Å². The third kappa shape index (κ3) is 3.76. The zero-order valence-corrected chi connectivity index (χ0v) is 14.9. The quantitative estimate of drug-likeness (QED) is 0.708. The van der Waals surface area contributed by atoms with Gasteiger partial charge in [-0.25, -0.2) is 3.63 Å². The van der Waals surface area contributed by atoms with Gasteiger partial charge in [0, 0.05) is 9.79 Å². The van der Waals surface area contributed by atoms with E-state index < -0.39 is 25.9 Å². The Labute approximate surface area is 141 Å². The highest BCUT2D eigenvalue weighted by Gasteiger charge is 2.50. The number of benzene rings is 2. The number of hydrogen-bond donors (Lipinski definition) is 0. The van der Waals surface area contributed by atoms with Crippen LogP contribution in [0.3, 0.4) is 0 Å². The summed E-state index contributed by atoms with van der Waals surface area (Å²) in [6.45, 7) is 3.66. The van der Waals surface area contributed by atoms with Crippen molar-refractivity contribution in [3.8, 4) is 0 Å². The summed E-state index contributed by atoms with van der Waals surface area (Å²) in [7, 11) is -8.61. The molecule has 8 heteroatoms. The molecule has 0 saturated carbocycles. The maximum absolute atomic E-state index is 12.8. The first-order valence-corrected chi connectivity index (χ1v) is 10.3. The number of halogens is 3. The maximum Gasteiger partial charge on any atom is 0.523 e. The van der Waals surface area contributed by atoms with Crippen LogP contribution >= 0.6 is 10.3 Å². The van der Waals surface area contributed by atoms with Crippen LogP contribution in [0.2, 0.25) is 0 Å². The second kappa shape index (κ2) is 6.42. The van der Waals surface area contributed by atoms with E-state index in [-0.39, 0.29) is 0 Å². The second-order valence-electron chi connectivity index (χ2n) is 5.44. The minimum Gasteiger partial charge on any atom is -0.204 e. The molecule has 0 radical (unpaired) electrons. The fourth-order valence-electron chi connectivity index (χ4n) is 2.03. The summed E-state index contributed by atoms with van der Waals surface area (Å²) in [5.74, 6) is 0. The van der Waals surface area contributed by atoms with Crippen molar-refractivity contribution in [2.24, 2.45) is 0 Å². The van der Waals surface area contributed by atoms with Gasteiger partial charge in [-0.2, -0.15) is 21.6 Å². The predicted octanol–water partition coefficient (Wildman–Crippen LogP) is 4.94. The van der Waals surface area contributed by atoms with Crippen LogP contribution < -0.4 is 0 Å². The standard InChI is InChI=1S/C16H17F3O3S2/c1-12-4-8-14(9-5-12)23(3,15-10-6-13(2)7-11-15)22-24(20,21)16(17,18)19/h4-11H,1-3H3. The first-order chi connectivity index (χ1) is 11.0. The van der Waals surface area contributed by atoms with Crippen LogP contribution in [0, 0.1) is 13.8 Å². The van der Waals surface area contributed by atoms with E-state index in [0.717, 1.165) is 11.1 Å². The minimum atomic E-state index is -5.73. The molecule has 0 heterocycles. The zero-order valence-electron chi connectivity index (χ0n) is 13.3. The first kappa shape index (κ1) is 18.8. The largest absolute Gasteiger partial charge is 0.523 e. The fraction of sp³-hybridized carbons (Fsp3) is 0.250.